The summed E-state index contributed by atoms with van der Waals surface area (Å²) < 4.78 is 11.1. The van der Waals surface area contributed by atoms with Crippen molar-refractivity contribution in [3.05, 3.63) is 66.6 Å². The Morgan fingerprint density at radius 3 is 2.37 bits per heavy atom. The monoisotopic (exact) mass is 368 g/mol. The Morgan fingerprint density at radius 1 is 1.00 bits per heavy atom. The van der Waals surface area contributed by atoms with Crippen LogP contribution in [0.15, 0.2) is 48.5 Å². The van der Waals surface area contributed by atoms with Crippen molar-refractivity contribution >= 4 is 0 Å². The van der Waals surface area contributed by atoms with Crippen molar-refractivity contribution in [2.75, 3.05) is 20.3 Å². The van der Waals surface area contributed by atoms with Gasteiger partial charge in [0.2, 0.25) is 0 Å². The highest BCUT2D eigenvalue weighted by molar-refractivity contribution is 5.31. The maximum absolute atomic E-state index is 5.95. The third-order valence-electron chi connectivity index (χ3n) is 4.73. The quantitative estimate of drug-likeness (QED) is 0.534. The molecule has 147 valence electrons. The normalized spacial score (nSPS) is 12.4. The summed E-state index contributed by atoms with van der Waals surface area (Å²) in [6.07, 6.45) is 1.15. The van der Waals surface area contributed by atoms with Gasteiger partial charge in [-0.3, -0.25) is 0 Å². The minimum Gasteiger partial charge on any atom is -0.497 e. The first-order chi connectivity index (χ1) is 13.0. The number of benzene rings is 2. The molecule has 0 amide bonds. The van der Waals surface area contributed by atoms with Crippen LogP contribution in [0.25, 0.3) is 0 Å². The smallest absolute Gasteiger partial charge is 0.119 e. The summed E-state index contributed by atoms with van der Waals surface area (Å²) in [6.45, 7) is 13.3. The largest absolute Gasteiger partial charge is 0.497 e. The van der Waals surface area contributed by atoms with Crippen LogP contribution < -0.4 is 14.8 Å². The summed E-state index contributed by atoms with van der Waals surface area (Å²) >= 11 is 0. The van der Waals surface area contributed by atoms with Crippen molar-refractivity contribution in [3.8, 4) is 11.5 Å². The highest BCUT2D eigenvalue weighted by Gasteiger charge is 2.17. The first-order valence-electron chi connectivity index (χ1n) is 9.89. The van der Waals surface area contributed by atoms with E-state index in [0.29, 0.717) is 24.4 Å². The third-order valence-corrected chi connectivity index (χ3v) is 4.73. The second-order valence-corrected chi connectivity index (χ2v) is 7.66. The predicted molar refractivity (Wildman–Crippen MR) is 113 cm³/mol. The number of nitrogens with one attached hydrogen (secondary N) is 1. The van der Waals surface area contributed by atoms with Gasteiger partial charge in [-0.15, -0.1) is 0 Å². The molecule has 3 heteroatoms. The van der Waals surface area contributed by atoms with Crippen molar-refractivity contribution in [2.45, 2.75) is 39.7 Å². The molecule has 1 N–H and O–H groups in total. The maximum Gasteiger partial charge on any atom is 0.119 e. The van der Waals surface area contributed by atoms with Crippen LogP contribution in [0.5, 0.6) is 11.5 Å². The Labute approximate surface area is 165 Å². The van der Waals surface area contributed by atoms with Gasteiger partial charge < -0.3 is 14.8 Å². The average Bonchev–Trinajstić information content (AvgIpc) is 2.66. The van der Waals surface area contributed by atoms with E-state index in [1.807, 2.05) is 18.2 Å². The highest BCUT2D eigenvalue weighted by Crippen LogP contribution is 2.32. The molecule has 0 aliphatic rings. The zero-order valence-electron chi connectivity index (χ0n) is 17.2. The Bertz CT molecular complexity index is 664. The molecule has 0 fully saturated rings. The van der Waals surface area contributed by atoms with Crippen molar-refractivity contribution in [1.29, 1.82) is 0 Å². The average molecular weight is 369 g/mol. The molecule has 3 nitrogen and oxygen atoms in total. The molecule has 27 heavy (non-hydrogen) atoms. The third kappa shape index (κ3) is 7.26. The molecule has 2 unspecified atom stereocenters. The van der Waals surface area contributed by atoms with E-state index >= 15 is 0 Å². The zero-order chi connectivity index (χ0) is 19.6. The molecule has 1 radical (unpaired) electrons. The van der Waals surface area contributed by atoms with Gasteiger partial charge in [-0.25, -0.2) is 0 Å². The molecule has 2 rings (SSSR count). The SMILES string of the molecule is [CH2]C(C)C(CC(C)C)c1cccc(OCCNCc2ccc(OC)cc2)c1. The summed E-state index contributed by atoms with van der Waals surface area (Å²) in [7, 11) is 1.68. The Balaban J connectivity index is 1.80. The number of ether oxygens (including phenoxy) is 2. The van der Waals surface area contributed by atoms with Crippen LogP contribution in [0.3, 0.4) is 0 Å². The standard InChI is InChI=1S/C24H34NO2/c1-18(2)15-24(19(3)4)21-7-6-8-23(16-21)27-14-13-25-17-20-9-11-22(26-5)12-10-20/h6-12,16,18-19,24-25H,3,13-15,17H2,1-2,4-5H3. The minimum atomic E-state index is 0.383. The second-order valence-electron chi connectivity index (χ2n) is 7.66. The topological polar surface area (TPSA) is 30.5 Å². The van der Waals surface area contributed by atoms with Crippen LogP contribution in [0.2, 0.25) is 0 Å². The summed E-state index contributed by atoms with van der Waals surface area (Å²) in [4.78, 5) is 0. The summed E-state index contributed by atoms with van der Waals surface area (Å²) in [5.41, 5.74) is 2.56. The maximum atomic E-state index is 5.95. The lowest BCUT2D eigenvalue weighted by atomic mass is 9.82. The Morgan fingerprint density at radius 2 is 1.74 bits per heavy atom. The highest BCUT2D eigenvalue weighted by atomic mass is 16.5. The van der Waals surface area contributed by atoms with Gasteiger partial charge in [-0.2, -0.15) is 0 Å². The van der Waals surface area contributed by atoms with Gasteiger partial charge in [0.15, 0.2) is 0 Å². The van der Waals surface area contributed by atoms with E-state index in [1.165, 1.54) is 11.1 Å². The molecule has 2 aromatic carbocycles. The lowest BCUT2D eigenvalue weighted by Crippen LogP contribution is -2.20. The number of rotatable bonds is 11. The number of methoxy groups -OCH3 is 1. The molecule has 0 aliphatic carbocycles. The van der Waals surface area contributed by atoms with Crippen molar-refractivity contribution < 1.29 is 9.47 Å². The fourth-order valence-electron chi connectivity index (χ4n) is 3.26. The van der Waals surface area contributed by atoms with Gasteiger partial charge in [-0.05, 0) is 66.5 Å². The fourth-order valence-corrected chi connectivity index (χ4v) is 3.26. The van der Waals surface area contributed by atoms with E-state index in [9.17, 15) is 0 Å². The second kappa shape index (κ2) is 11.0. The molecular formula is C24H34NO2. The van der Waals surface area contributed by atoms with Gasteiger partial charge in [0.1, 0.15) is 18.1 Å². The lowest BCUT2D eigenvalue weighted by molar-refractivity contribution is 0.312. The molecule has 0 spiro atoms. The van der Waals surface area contributed by atoms with Crippen LogP contribution >= 0.6 is 0 Å². The van der Waals surface area contributed by atoms with Gasteiger partial charge in [0.05, 0.1) is 7.11 Å². The zero-order valence-corrected chi connectivity index (χ0v) is 17.2. The molecule has 0 aromatic heterocycles. The fraction of sp³-hybridized carbons (Fsp3) is 0.458. The Hall–Kier alpha value is -2.00. The first kappa shape index (κ1) is 21.3. The predicted octanol–water partition coefficient (Wildman–Crippen LogP) is 5.46. The van der Waals surface area contributed by atoms with Gasteiger partial charge in [0, 0.05) is 13.1 Å². The summed E-state index contributed by atoms with van der Waals surface area (Å²) in [6, 6.07) is 16.6. The van der Waals surface area contributed by atoms with Gasteiger partial charge >= 0.3 is 0 Å². The Kier molecular flexibility index (Phi) is 8.66. The molecule has 2 aromatic rings. The van der Waals surface area contributed by atoms with Crippen LogP contribution in [0.1, 0.15) is 44.2 Å². The van der Waals surface area contributed by atoms with E-state index in [1.54, 1.807) is 7.11 Å². The lowest BCUT2D eigenvalue weighted by Gasteiger charge is -2.23. The molecule has 0 saturated heterocycles. The van der Waals surface area contributed by atoms with E-state index < -0.39 is 0 Å². The molecule has 0 saturated carbocycles. The van der Waals surface area contributed by atoms with E-state index in [-0.39, 0.29) is 0 Å². The van der Waals surface area contributed by atoms with Crippen LogP contribution in [0, 0.1) is 18.8 Å². The van der Waals surface area contributed by atoms with Gasteiger partial charge in [-0.1, -0.05) is 45.0 Å². The van der Waals surface area contributed by atoms with E-state index in [2.05, 4.69) is 63.3 Å². The van der Waals surface area contributed by atoms with Crippen LogP contribution in [-0.4, -0.2) is 20.3 Å². The van der Waals surface area contributed by atoms with Crippen LogP contribution in [0.4, 0.5) is 0 Å². The van der Waals surface area contributed by atoms with Crippen molar-refractivity contribution in [1.82, 2.24) is 5.32 Å². The molecule has 0 aliphatic heterocycles. The number of hydrogen-bond acceptors (Lipinski definition) is 3. The molecule has 2 atom stereocenters. The molecule has 0 bridgehead atoms. The van der Waals surface area contributed by atoms with Crippen molar-refractivity contribution in [3.63, 3.8) is 0 Å². The van der Waals surface area contributed by atoms with Crippen molar-refractivity contribution in [2.24, 2.45) is 11.8 Å². The molecular weight excluding hydrogens is 334 g/mol. The first-order valence-corrected chi connectivity index (χ1v) is 9.89. The number of hydrogen-bond donors (Lipinski definition) is 1. The summed E-state index contributed by atoms with van der Waals surface area (Å²) in [5.74, 6) is 3.34. The summed E-state index contributed by atoms with van der Waals surface area (Å²) in [5, 5.41) is 3.42. The van der Waals surface area contributed by atoms with E-state index in [0.717, 1.165) is 31.0 Å². The van der Waals surface area contributed by atoms with Crippen LogP contribution in [-0.2, 0) is 6.54 Å². The van der Waals surface area contributed by atoms with Gasteiger partial charge in [0.25, 0.3) is 0 Å². The molecule has 0 heterocycles. The minimum absolute atomic E-state index is 0.383. The van der Waals surface area contributed by atoms with E-state index in [4.69, 9.17) is 9.47 Å².